The molecule has 0 aliphatic carbocycles. The maximum Gasteiger partial charge on any atom is 0.252 e. The molecule has 2 aromatic carbocycles. The summed E-state index contributed by atoms with van der Waals surface area (Å²) >= 11 is 7.70. The molecule has 0 saturated heterocycles. The maximum atomic E-state index is 12.3. The summed E-state index contributed by atoms with van der Waals surface area (Å²) in [4.78, 5) is 12.9. The van der Waals surface area contributed by atoms with Crippen molar-refractivity contribution in [3.63, 3.8) is 0 Å². The van der Waals surface area contributed by atoms with Gasteiger partial charge in [-0.2, -0.15) is 0 Å². The van der Waals surface area contributed by atoms with Crippen molar-refractivity contribution >= 4 is 34.5 Å². The third kappa shape index (κ3) is 3.64. The Labute approximate surface area is 133 Å². The summed E-state index contributed by atoms with van der Waals surface area (Å²) in [5.41, 5.74) is 2.87. The van der Waals surface area contributed by atoms with Crippen LogP contribution in [0, 0.1) is 6.92 Å². The molecule has 0 heterocycles. The molecule has 0 aromatic heterocycles. The molecule has 1 N–H and O–H groups in total. The van der Waals surface area contributed by atoms with Crippen molar-refractivity contribution in [3.05, 3.63) is 63.6 Å². The molecule has 1 unspecified atom stereocenters. The van der Waals surface area contributed by atoms with Gasteiger partial charge in [-0.25, -0.2) is 0 Å². The fraction of sp³-hybridized carbons (Fsp3) is 0.188. The first-order chi connectivity index (χ1) is 9.47. The molecule has 0 aliphatic rings. The Morgan fingerprint density at radius 1 is 1.20 bits per heavy atom. The van der Waals surface area contributed by atoms with E-state index in [-0.39, 0.29) is 11.9 Å². The first-order valence-electron chi connectivity index (χ1n) is 6.33. The highest BCUT2D eigenvalue weighted by molar-refractivity contribution is 9.10. The molecule has 2 rings (SSSR count). The van der Waals surface area contributed by atoms with Gasteiger partial charge in [-0.15, -0.1) is 12.6 Å². The molecule has 1 atom stereocenters. The minimum absolute atomic E-state index is 0.0421. The van der Waals surface area contributed by atoms with Crippen LogP contribution in [0.1, 0.15) is 34.5 Å². The van der Waals surface area contributed by atoms with Crippen molar-refractivity contribution in [1.29, 1.82) is 0 Å². The molecule has 2 nitrogen and oxygen atoms in total. The number of hydrogen-bond donors (Lipinski definition) is 2. The average Bonchev–Trinajstić information content (AvgIpc) is 2.39. The van der Waals surface area contributed by atoms with Gasteiger partial charge in [0.15, 0.2) is 0 Å². The van der Waals surface area contributed by atoms with E-state index in [4.69, 9.17) is 0 Å². The van der Waals surface area contributed by atoms with Crippen molar-refractivity contribution in [3.8, 4) is 0 Å². The lowest BCUT2D eigenvalue weighted by Gasteiger charge is -2.15. The highest BCUT2D eigenvalue weighted by Crippen LogP contribution is 2.21. The van der Waals surface area contributed by atoms with Gasteiger partial charge >= 0.3 is 0 Å². The van der Waals surface area contributed by atoms with Gasteiger partial charge in [0.05, 0.1) is 11.6 Å². The van der Waals surface area contributed by atoms with Gasteiger partial charge in [0.2, 0.25) is 0 Å². The van der Waals surface area contributed by atoms with Crippen LogP contribution in [0.25, 0.3) is 0 Å². The van der Waals surface area contributed by atoms with Crippen molar-refractivity contribution in [2.45, 2.75) is 24.8 Å². The number of halogens is 1. The van der Waals surface area contributed by atoms with E-state index in [1.54, 1.807) is 6.07 Å². The van der Waals surface area contributed by atoms with Crippen LogP contribution in [0.2, 0.25) is 0 Å². The summed E-state index contributed by atoms with van der Waals surface area (Å²) in [6.07, 6.45) is 0. The van der Waals surface area contributed by atoms with E-state index >= 15 is 0 Å². The zero-order valence-electron chi connectivity index (χ0n) is 11.4. The minimum Gasteiger partial charge on any atom is -0.345 e. The Kier molecular flexibility index (Phi) is 4.89. The van der Waals surface area contributed by atoms with E-state index in [2.05, 4.69) is 33.9 Å². The Morgan fingerprint density at radius 2 is 1.85 bits per heavy atom. The smallest absolute Gasteiger partial charge is 0.252 e. The normalized spacial score (nSPS) is 12.0. The number of rotatable bonds is 3. The van der Waals surface area contributed by atoms with Gasteiger partial charge < -0.3 is 5.32 Å². The SMILES string of the molecule is Cc1ccc(C(C)NC(=O)c2ccc(Br)cc2S)cc1. The standard InChI is InChI=1S/C16H16BrNOS/c1-10-3-5-12(6-4-10)11(2)18-16(19)14-8-7-13(17)9-15(14)20/h3-9,11,20H,1-2H3,(H,18,19). The number of hydrogen-bond acceptors (Lipinski definition) is 2. The minimum atomic E-state index is -0.115. The van der Waals surface area contributed by atoms with Crippen LogP contribution < -0.4 is 5.32 Å². The third-order valence-corrected chi connectivity index (χ3v) is 3.99. The number of thiol groups is 1. The van der Waals surface area contributed by atoms with E-state index in [1.165, 1.54) is 5.56 Å². The molecule has 2 aromatic rings. The van der Waals surface area contributed by atoms with Crippen molar-refractivity contribution in [1.82, 2.24) is 5.32 Å². The van der Waals surface area contributed by atoms with E-state index in [9.17, 15) is 4.79 Å². The number of carbonyl (C=O) groups excluding carboxylic acids is 1. The van der Waals surface area contributed by atoms with E-state index in [0.29, 0.717) is 10.5 Å². The van der Waals surface area contributed by atoms with Crippen molar-refractivity contribution in [2.24, 2.45) is 0 Å². The fourth-order valence-corrected chi connectivity index (χ4v) is 2.76. The maximum absolute atomic E-state index is 12.3. The van der Waals surface area contributed by atoms with Gasteiger partial charge in [-0.1, -0.05) is 45.8 Å². The number of carbonyl (C=O) groups is 1. The Balaban J connectivity index is 2.13. The zero-order chi connectivity index (χ0) is 14.7. The first kappa shape index (κ1) is 15.1. The third-order valence-electron chi connectivity index (χ3n) is 3.13. The fourth-order valence-electron chi connectivity index (χ4n) is 1.91. The molecule has 4 heteroatoms. The second-order valence-corrected chi connectivity index (χ2v) is 6.16. The highest BCUT2D eigenvalue weighted by atomic mass is 79.9. The van der Waals surface area contributed by atoms with Gasteiger partial charge in [0, 0.05) is 9.37 Å². The van der Waals surface area contributed by atoms with Crippen LogP contribution in [0.5, 0.6) is 0 Å². The lowest BCUT2D eigenvalue weighted by Crippen LogP contribution is -2.27. The van der Waals surface area contributed by atoms with Gasteiger partial charge in [-0.05, 0) is 37.6 Å². The largest absolute Gasteiger partial charge is 0.345 e. The quantitative estimate of drug-likeness (QED) is 0.782. The lowest BCUT2D eigenvalue weighted by atomic mass is 10.1. The molecular weight excluding hydrogens is 334 g/mol. The van der Waals surface area contributed by atoms with Gasteiger partial charge in [-0.3, -0.25) is 4.79 Å². The van der Waals surface area contributed by atoms with Crippen LogP contribution in [-0.2, 0) is 0 Å². The predicted octanol–water partition coefficient (Wildman–Crippen LogP) is 4.54. The second-order valence-electron chi connectivity index (χ2n) is 4.77. The molecule has 0 bridgehead atoms. The van der Waals surface area contributed by atoms with Gasteiger partial charge in [0.1, 0.15) is 0 Å². The topological polar surface area (TPSA) is 29.1 Å². The molecule has 20 heavy (non-hydrogen) atoms. The molecule has 0 radical (unpaired) electrons. The number of benzene rings is 2. The Hall–Kier alpha value is -1.26. The van der Waals surface area contributed by atoms with Crippen LogP contribution in [0.15, 0.2) is 51.8 Å². The lowest BCUT2D eigenvalue weighted by molar-refractivity contribution is 0.0937. The van der Waals surface area contributed by atoms with E-state index in [1.807, 2.05) is 50.2 Å². The Morgan fingerprint density at radius 3 is 2.45 bits per heavy atom. The van der Waals surface area contributed by atoms with E-state index < -0.39 is 0 Å². The predicted molar refractivity (Wildman–Crippen MR) is 88.5 cm³/mol. The van der Waals surface area contributed by atoms with Crippen molar-refractivity contribution < 1.29 is 4.79 Å². The summed E-state index contributed by atoms with van der Waals surface area (Å²) < 4.78 is 0.908. The molecule has 0 spiro atoms. The number of amides is 1. The Bertz CT molecular complexity index is 625. The van der Waals surface area contributed by atoms with Crippen molar-refractivity contribution in [2.75, 3.05) is 0 Å². The zero-order valence-corrected chi connectivity index (χ0v) is 13.8. The van der Waals surface area contributed by atoms with Crippen LogP contribution in [0.3, 0.4) is 0 Å². The molecule has 0 saturated carbocycles. The van der Waals surface area contributed by atoms with Crippen LogP contribution in [0.4, 0.5) is 0 Å². The van der Waals surface area contributed by atoms with Crippen LogP contribution in [-0.4, -0.2) is 5.91 Å². The second kappa shape index (κ2) is 6.46. The van der Waals surface area contributed by atoms with Crippen LogP contribution >= 0.6 is 28.6 Å². The van der Waals surface area contributed by atoms with Gasteiger partial charge in [0.25, 0.3) is 5.91 Å². The highest BCUT2D eigenvalue weighted by Gasteiger charge is 2.13. The summed E-state index contributed by atoms with van der Waals surface area (Å²) in [6, 6.07) is 13.5. The summed E-state index contributed by atoms with van der Waals surface area (Å²) in [5, 5.41) is 2.99. The van der Waals surface area contributed by atoms with E-state index in [0.717, 1.165) is 10.0 Å². The number of aryl methyl sites for hydroxylation is 1. The average molecular weight is 350 g/mol. The first-order valence-corrected chi connectivity index (χ1v) is 7.57. The molecular formula is C16H16BrNOS. The molecule has 0 aliphatic heterocycles. The summed E-state index contributed by atoms with van der Waals surface area (Å²) in [6.45, 7) is 4.02. The summed E-state index contributed by atoms with van der Waals surface area (Å²) in [7, 11) is 0. The summed E-state index contributed by atoms with van der Waals surface area (Å²) in [5.74, 6) is -0.115. The molecule has 104 valence electrons. The molecule has 1 amide bonds. The monoisotopic (exact) mass is 349 g/mol. The molecule has 0 fully saturated rings. The number of nitrogens with one attached hydrogen (secondary N) is 1.